The van der Waals surface area contributed by atoms with E-state index >= 15 is 0 Å². The Balaban J connectivity index is 2.31. The molecule has 1 aliphatic carbocycles. The van der Waals surface area contributed by atoms with Crippen LogP contribution in [0.5, 0.6) is 0 Å². The zero-order chi connectivity index (χ0) is 14.3. The van der Waals surface area contributed by atoms with Crippen LogP contribution in [0.1, 0.15) is 0 Å². The molecule has 2 aliphatic rings. The molecular weight excluding hydrogens is 267 g/mol. The van der Waals surface area contributed by atoms with Crippen LogP contribution in [0, 0.1) is 0 Å². The minimum absolute atomic E-state index is 0.213. The van der Waals surface area contributed by atoms with E-state index in [-0.39, 0.29) is 6.54 Å². The monoisotopic (exact) mass is 279 g/mol. The van der Waals surface area contributed by atoms with Crippen LogP contribution in [-0.4, -0.2) is 18.8 Å². The smallest absolute Gasteiger partial charge is 0.416 e. The third kappa shape index (κ3) is 2.04. The molecule has 104 valence electrons. The number of rotatable bonds is 1. The second-order valence-corrected chi connectivity index (χ2v) is 4.62. The number of ether oxygens (including phenoxy) is 1. The number of halogens is 3. The standard InChI is InChI=1S/C15H12F3NO/c16-15(17,18)9-5-6-13-12(7-9)10-3-1-2-4-11(10)14(8-19)20-13/h1-7,13H,8,19H2. The second-order valence-electron chi connectivity index (χ2n) is 4.62. The predicted octanol–water partition coefficient (Wildman–Crippen LogP) is 1.36. The van der Waals surface area contributed by atoms with Gasteiger partial charge < -0.3 is 10.5 Å². The highest BCUT2D eigenvalue weighted by Crippen LogP contribution is 2.32. The molecule has 1 heterocycles. The van der Waals surface area contributed by atoms with Crippen molar-refractivity contribution in [3.63, 3.8) is 0 Å². The third-order valence-electron chi connectivity index (χ3n) is 3.39. The Morgan fingerprint density at radius 1 is 1.15 bits per heavy atom. The van der Waals surface area contributed by atoms with Gasteiger partial charge in [-0.3, -0.25) is 0 Å². The number of alkyl halides is 3. The fourth-order valence-electron chi connectivity index (χ4n) is 2.46. The van der Waals surface area contributed by atoms with Crippen LogP contribution >= 0.6 is 0 Å². The first kappa shape index (κ1) is 13.0. The van der Waals surface area contributed by atoms with Gasteiger partial charge in [-0.2, -0.15) is 13.2 Å². The van der Waals surface area contributed by atoms with E-state index in [0.717, 1.165) is 22.6 Å². The van der Waals surface area contributed by atoms with E-state index in [1.807, 2.05) is 6.07 Å². The minimum atomic E-state index is -4.36. The SMILES string of the molecule is NCC1=c2ccccc2=C2C=C(C(F)(F)F)C=CC2O1. The predicted molar refractivity (Wildman–Crippen MR) is 69.7 cm³/mol. The number of nitrogens with two attached hydrogens (primary N) is 1. The molecule has 1 aliphatic heterocycles. The van der Waals surface area contributed by atoms with Gasteiger partial charge in [0.1, 0.15) is 11.9 Å². The minimum Gasteiger partial charge on any atom is -0.484 e. The summed E-state index contributed by atoms with van der Waals surface area (Å²) in [6.45, 7) is 0.213. The van der Waals surface area contributed by atoms with E-state index in [2.05, 4.69) is 0 Å². The average Bonchev–Trinajstić information content (AvgIpc) is 2.45. The summed E-state index contributed by atoms with van der Waals surface area (Å²) in [6.07, 6.45) is -1.24. The van der Waals surface area contributed by atoms with Crippen molar-refractivity contribution < 1.29 is 17.9 Å². The summed E-state index contributed by atoms with van der Waals surface area (Å²) < 4.78 is 44.1. The molecule has 0 saturated carbocycles. The molecule has 0 saturated heterocycles. The highest BCUT2D eigenvalue weighted by molar-refractivity contribution is 5.71. The van der Waals surface area contributed by atoms with Crippen LogP contribution < -0.4 is 16.2 Å². The number of allylic oxidation sites excluding steroid dienone is 2. The molecule has 0 radical (unpaired) electrons. The maximum absolute atomic E-state index is 12.8. The largest absolute Gasteiger partial charge is 0.484 e. The van der Waals surface area contributed by atoms with E-state index in [4.69, 9.17) is 10.5 Å². The summed E-state index contributed by atoms with van der Waals surface area (Å²) in [5.41, 5.74) is 5.50. The fraction of sp³-hybridized carbons (Fsp3) is 0.200. The summed E-state index contributed by atoms with van der Waals surface area (Å²) >= 11 is 0. The van der Waals surface area contributed by atoms with Crippen molar-refractivity contribution >= 4 is 11.3 Å². The van der Waals surface area contributed by atoms with Gasteiger partial charge in [-0.05, 0) is 17.4 Å². The van der Waals surface area contributed by atoms with Gasteiger partial charge >= 0.3 is 6.18 Å². The number of hydrogen-bond donors (Lipinski definition) is 1. The van der Waals surface area contributed by atoms with Gasteiger partial charge in [0.25, 0.3) is 0 Å². The summed E-state index contributed by atoms with van der Waals surface area (Å²) in [4.78, 5) is 0. The Labute approximate surface area is 113 Å². The molecule has 1 aromatic carbocycles. The normalized spacial score (nSPS) is 21.0. The lowest BCUT2D eigenvalue weighted by Gasteiger charge is -2.26. The quantitative estimate of drug-likeness (QED) is 0.842. The topological polar surface area (TPSA) is 35.2 Å². The first-order valence-corrected chi connectivity index (χ1v) is 6.17. The van der Waals surface area contributed by atoms with E-state index < -0.39 is 17.9 Å². The van der Waals surface area contributed by atoms with Crippen LogP contribution in [0.4, 0.5) is 13.2 Å². The van der Waals surface area contributed by atoms with Gasteiger partial charge in [-0.15, -0.1) is 0 Å². The maximum atomic E-state index is 12.8. The van der Waals surface area contributed by atoms with Crippen molar-refractivity contribution in [2.24, 2.45) is 5.73 Å². The Hall–Kier alpha value is -2.01. The molecule has 20 heavy (non-hydrogen) atoms. The Kier molecular flexibility index (Phi) is 2.94. The molecule has 0 fully saturated rings. The van der Waals surface area contributed by atoms with Crippen LogP contribution in [-0.2, 0) is 4.74 Å². The zero-order valence-corrected chi connectivity index (χ0v) is 10.4. The lowest BCUT2D eigenvalue weighted by Crippen LogP contribution is -2.40. The molecule has 1 atom stereocenters. The first-order chi connectivity index (χ1) is 9.50. The van der Waals surface area contributed by atoms with Crippen LogP contribution in [0.25, 0.3) is 11.3 Å². The summed E-state index contributed by atoms with van der Waals surface area (Å²) in [5.74, 6) is 0.600. The maximum Gasteiger partial charge on any atom is 0.416 e. The first-order valence-electron chi connectivity index (χ1n) is 6.17. The molecule has 0 spiro atoms. The number of hydrogen-bond acceptors (Lipinski definition) is 2. The van der Waals surface area contributed by atoms with Gasteiger partial charge in [-0.1, -0.05) is 30.3 Å². The Morgan fingerprint density at radius 3 is 2.50 bits per heavy atom. The van der Waals surface area contributed by atoms with Gasteiger partial charge in [0, 0.05) is 10.8 Å². The highest BCUT2D eigenvalue weighted by Gasteiger charge is 2.35. The van der Waals surface area contributed by atoms with Crippen molar-refractivity contribution in [1.82, 2.24) is 0 Å². The van der Waals surface area contributed by atoms with Crippen molar-refractivity contribution in [2.75, 3.05) is 6.54 Å². The van der Waals surface area contributed by atoms with Gasteiger partial charge in [0.15, 0.2) is 0 Å². The van der Waals surface area contributed by atoms with E-state index in [1.54, 1.807) is 18.2 Å². The van der Waals surface area contributed by atoms with E-state index in [0.29, 0.717) is 11.3 Å². The Morgan fingerprint density at radius 2 is 1.85 bits per heavy atom. The molecule has 2 N–H and O–H groups in total. The summed E-state index contributed by atoms with van der Waals surface area (Å²) in [6, 6.07) is 7.20. The van der Waals surface area contributed by atoms with Gasteiger partial charge in [-0.25, -0.2) is 0 Å². The molecule has 0 amide bonds. The molecular formula is C15H12F3NO. The Bertz CT molecular complexity index is 728. The number of fused-ring (bicyclic) bond motifs is 2. The van der Waals surface area contributed by atoms with Crippen molar-refractivity contribution in [1.29, 1.82) is 0 Å². The van der Waals surface area contributed by atoms with Crippen LogP contribution in [0.3, 0.4) is 0 Å². The average molecular weight is 279 g/mol. The van der Waals surface area contributed by atoms with Crippen molar-refractivity contribution in [2.45, 2.75) is 12.3 Å². The van der Waals surface area contributed by atoms with Crippen molar-refractivity contribution in [3.05, 3.63) is 58.5 Å². The number of benzene rings is 1. The lowest BCUT2D eigenvalue weighted by molar-refractivity contribution is -0.0883. The van der Waals surface area contributed by atoms with Gasteiger partial charge in [0.05, 0.1) is 12.1 Å². The molecule has 5 heteroatoms. The molecule has 1 aromatic rings. The van der Waals surface area contributed by atoms with E-state index in [9.17, 15) is 13.2 Å². The van der Waals surface area contributed by atoms with E-state index in [1.165, 1.54) is 6.08 Å². The van der Waals surface area contributed by atoms with Crippen molar-refractivity contribution in [3.8, 4) is 0 Å². The van der Waals surface area contributed by atoms with Crippen LogP contribution in [0.15, 0.2) is 48.1 Å². The molecule has 0 bridgehead atoms. The van der Waals surface area contributed by atoms with Gasteiger partial charge in [0.2, 0.25) is 0 Å². The fourth-order valence-corrected chi connectivity index (χ4v) is 2.46. The highest BCUT2D eigenvalue weighted by atomic mass is 19.4. The molecule has 3 rings (SSSR count). The summed E-state index contributed by atoms with van der Waals surface area (Å²) in [7, 11) is 0. The summed E-state index contributed by atoms with van der Waals surface area (Å²) in [5, 5.41) is 1.50. The zero-order valence-electron chi connectivity index (χ0n) is 10.4. The van der Waals surface area contributed by atoms with Crippen LogP contribution in [0.2, 0.25) is 0 Å². The lowest BCUT2D eigenvalue weighted by atomic mass is 9.94. The molecule has 0 aromatic heterocycles. The third-order valence-corrected chi connectivity index (χ3v) is 3.39. The molecule has 2 nitrogen and oxygen atoms in total. The second kappa shape index (κ2) is 4.52. The molecule has 1 unspecified atom stereocenters.